The van der Waals surface area contributed by atoms with Crippen molar-refractivity contribution in [3.8, 4) is 0 Å². The van der Waals surface area contributed by atoms with Gasteiger partial charge in [0.15, 0.2) is 0 Å². The Hall–Kier alpha value is -1.13. The minimum absolute atomic E-state index is 0.356. The lowest BCUT2D eigenvalue weighted by Crippen LogP contribution is -2.13. The lowest BCUT2D eigenvalue weighted by atomic mass is 10.7. The van der Waals surface area contributed by atoms with Crippen LogP contribution in [-0.4, -0.2) is 22.5 Å². The second-order valence-electron chi connectivity index (χ2n) is 2.13. The van der Waals surface area contributed by atoms with E-state index in [2.05, 4.69) is 10.3 Å². The van der Waals surface area contributed by atoms with Crippen LogP contribution in [0.4, 0.5) is 14.7 Å². The van der Waals surface area contributed by atoms with Gasteiger partial charge in [-0.15, -0.1) is 0 Å². The summed E-state index contributed by atoms with van der Waals surface area (Å²) >= 11 is 0. The molecule has 62 valence electrons. The summed E-state index contributed by atoms with van der Waals surface area (Å²) in [5, 5.41) is 2.49. The van der Waals surface area contributed by atoms with Crippen LogP contribution in [0.2, 0.25) is 0 Å². The van der Waals surface area contributed by atoms with E-state index in [1.165, 1.54) is 0 Å². The van der Waals surface area contributed by atoms with Crippen molar-refractivity contribution < 1.29 is 8.78 Å². The van der Waals surface area contributed by atoms with Gasteiger partial charge in [-0.2, -0.15) is 0 Å². The third-order valence-electron chi connectivity index (χ3n) is 1.24. The van der Waals surface area contributed by atoms with Crippen molar-refractivity contribution in [2.75, 3.05) is 11.9 Å². The molecule has 1 heterocycles. The maximum Gasteiger partial charge on any atom is 0.255 e. The fourth-order valence-corrected chi connectivity index (χ4v) is 0.704. The smallest absolute Gasteiger partial charge is 0.255 e. The molecule has 0 bridgehead atoms. The first-order valence-corrected chi connectivity index (χ1v) is 3.19. The van der Waals surface area contributed by atoms with Gasteiger partial charge in [0.1, 0.15) is 0 Å². The van der Waals surface area contributed by atoms with Gasteiger partial charge in [-0.3, -0.25) is 0 Å². The zero-order valence-electron chi connectivity index (χ0n) is 6.09. The van der Waals surface area contributed by atoms with E-state index >= 15 is 0 Å². The summed E-state index contributed by atoms with van der Waals surface area (Å²) in [6.07, 6.45) is 0.897. The molecular formula is C6H9F2N3. The highest BCUT2D eigenvalue weighted by molar-refractivity contribution is 5.24. The van der Waals surface area contributed by atoms with Gasteiger partial charge in [0.2, 0.25) is 5.95 Å². The Balaban J connectivity index is 2.44. The van der Waals surface area contributed by atoms with E-state index in [1.54, 1.807) is 24.0 Å². The van der Waals surface area contributed by atoms with Gasteiger partial charge in [0, 0.05) is 19.4 Å². The van der Waals surface area contributed by atoms with E-state index in [-0.39, 0.29) is 6.54 Å². The van der Waals surface area contributed by atoms with Crippen LogP contribution in [-0.2, 0) is 7.05 Å². The number of aromatic nitrogens is 2. The summed E-state index contributed by atoms with van der Waals surface area (Å²) in [4.78, 5) is 3.81. The monoisotopic (exact) mass is 161 g/mol. The highest BCUT2D eigenvalue weighted by Crippen LogP contribution is 2.01. The minimum Gasteiger partial charge on any atom is -0.350 e. The number of rotatable bonds is 3. The van der Waals surface area contributed by atoms with Gasteiger partial charge < -0.3 is 9.88 Å². The molecule has 0 aliphatic rings. The minimum atomic E-state index is -2.34. The van der Waals surface area contributed by atoms with Gasteiger partial charge in [-0.25, -0.2) is 13.8 Å². The lowest BCUT2D eigenvalue weighted by Gasteiger charge is -2.03. The van der Waals surface area contributed by atoms with E-state index in [4.69, 9.17) is 0 Å². The first-order valence-electron chi connectivity index (χ1n) is 3.19. The number of nitrogens with zero attached hydrogens (tertiary/aromatic N) is 2. The maximum atomic E-state index is 11.7. The van der Waals surface area contributed by atoms with Gasteiger partial charge in [0.25, 0.3) is 6.43 Å². The summed E-state index contributed by atoms with van der Waals surface area (Å²) in [6.45, 7) is -0.356. The van der Waals surface area contributed by atoms with Crippen LogP contribution < -0.4 is 5.32 Å². The Bertz CT molecular complexity index is 221. The SMILES string of the molecule is Cn1ccnc1NCC(F)F. The second-order valence-corrected chi connectivity index (χ2v) is 2.13. The van der Waals surface area contributed by atoms with Gasteiger partial charge in [-0.05, 0) is 0 Å². The fraction of sp³-hybridized carbons (Fsp3) is 0.500. The van der Waals surface area contributed by atoms with Crippen LogP contribution in [0.5, 0.6) is 0 Å². The van der Waals surface area contributed by atoms with Crippen molar-refractivity contribution in [1.29, 1.82) is 0 Å². The molecule has 0 spiro atoms. The van der Waals surface area contributed by atoms with Crippen molar-refractivity contribution in [3.63, 3.8) is 0 Å². The molecule has 0 fully saturated rings. The van der Waals surface area contributed by atoms with E-state index < -0.39 is 6.43 Å². The van der Waals surface area contributed by atoms with E-state index in [9.17, 15) is 8.78 Å². The summed E-state index contributed by atoms with van der Waals surface area (Å²) in [5.41, 5.74) is 0. The maximum absolute atomic E-state index is 11.7. The van der Waals surface area contributed by atoms with Crippen molar-refractivity contribution in [2.24, 2.45) is 7.05 Å². The zero-order valence-corrected chi connectivity index (χ0v) is 6.09. The third-order valence-corrected chi connectivity index (χ3v) is 1.24. The highest BCUT2D eigenvalue weighted by atomic mass is 19.3. The molecule has 0 atom stereocenters. The Labute approximate surface area is 63.0 Å². The number of aryl methyl sites for hydroxylation is 1. The summed E-state index contributed by atoms with van der Waals surface area (Å²) in [7, 11) is 1.74. The van der Waals surface area contributed by atoms with E-state index in [0.717, 1.165) is 0 Å². The predicted molar refractivity (Wildman–Crippen MR) is 37.7 cm³/mol. The average Bonchev–Trinajstić information content (AvgIpc) is 2.31. The van der Waals surface area contributed by atoms with Crippen molar-refractivity contribution in [1.82, 2.24) is 9.55 Å². The van der Waals surface area contributed by atoms with Crippen molar-refractivity contribution in [3.05, 3.63) is 12.4 Å². The molecule has 1 aromatic heterocycles. The van der Waals surface area contributed by atoms with Crippen LogP contribution in [0.25, 0.3) is 0 Å². The number of hydrogen-bond donors (Lipinski definition) is 1. The first-order chi connectivity index (χ1) is 5.20. The van der Waals surface area contributed by atoms with Gasteiger partial charge in [0.05, 0.1) is 6.54 Å². The normalized spacial score (nSPS) is 10.5. The van der Waals surface area contributed by atoms with Crippen molar-refractivity contribution >= 4 is 5.95 Å². The van der Waals surface area contributed by atoms with Crippen molar-refractivity contribution in [2.45, 2.75) is 6.43 Å². The number of halogens is 2. The van der Waals surface area contributed by atoms with Gasteiger partial charge in [-0.1, -0.05) is 0 Å². The Morgan fingerprint density at radius 2 is 2.45 bits per heavy atom. The molecule has 0 aromatic carbocycles. The fourth-order valence-electron chi connectivity index (χ4n) is 0.704. The standard InChI is InChI=1S/C6H9F2N3/c1-11-3-2-9-6(11)10-4-5(7)8/h2-3,5H,4H2,1H3,(H,9,10). The molecule has 1 aromatic rings. The zero-order chi connectivity index (χ0) is 8.27. The predicted octanol–water partition coefficient (Wildman–Crippen LogP) is 1.10. The molecule has 3 nitrogen and oxygen atoms in total. The molecule has 0 aliphatic carbocycles. The van der Waals surface area contributed by atoms with E-state index in [0.29, 0.717) is 5.95 Å². The molecule has 1 rings (SSSR count). The van der Waals surface area contributed by atoms with Crippen LogP contribution in [0.1, 0.15) is 0 Å². The second kappa shape index (κ2) is 3.32. The molecule has 0 amide bonds. The number of imidazole rings is 1. The Morgan fingerprint density at radius 3 is 2.91 bits per heavy atom. The number of hydrogen-bond acceptors (Lipinski definition) is 2. The molecule has 0 saturated carbocycles. The topological polar surface area (TPSA) is 29.9 Å². The van der Waals surface area contributed by atoms with Crippen LogP contribution >= 0.6 is 0 Å². The van der Waals surface area contributed by atoms with E-state index in [1.807, 2.05) is 0 Å². The Kier molecular flexibility index (Phi) is 2.40. The van der Waals surface area contributed by atoms with Gasteiger partial charge >= 0.3 is 0 Å². The summed E-state index contributed by atoms with van der Waals surface area (Å²) in [5.74, 6) is 0.463. The van der Waals surface area contributed by atoms with Crippen LogP contribution in [0.3, 0.4) is 0 Å². The number of anilines is 1. The Morgan fingerprint density at radius 1 is 1.73 bits per heavy atom. The molecule has 0 unspecified atom stereocenters. The lowest BCUT2D eigenvalue weighted by molar-refractivity contribution is 0.163. The highest BCUT2D eigenvalue weighted by Gasteiger charge is 2.03. The number of nitrogens with one attached hydrogen (secondary N) is 1. The molecule has 0 aliphatic heterocycles. The largest absolute Gasteiger partial charge is 0.350 e. The van der Waals surface area contributed by atoms with Crippen LogP contribution in [0.15, 0.2) is 12.4 Å². The molecular weight excluding hydrogens is 152 g/mol. The quantitative estimate of drug-likeness (QED) is 0.719. The molecule has 0 saturated heterocycles. The summed E-state index contributed by atoms with van der Waals surface area (Å²) < 4.78 is 25.0. The average molecular weight is 161 g/mol. The first kappa shape index (κ1) is 7.97. The third kappa shape index (κ3) is 2.18. The number of alkyl halides is 2. The molecule has 11 heavy (non-hydrogen) atoms. The molecule has 1 N–H and O–H groups in total. The molecule has 5 heteroatoms. The summed E-state index contributed by atoms with van der Waals surface area (Å²) in [6, 6.07) is 0. The van der Waals surface area contributed by atoms with Crippen LogP contribution in [0, 0.1) is 0 Å². The molecule has 0 radical (unpaired) electrons.